The van der Waals surface area contributed by atoms with Gasteiger partial charge < -0.3 is 9.84 Å². The Kier molecular flexibility index (Phi) is 4.52. The van der Waals surface area contributed by atoms with Crippen molar-refractivity contribution in [3.8, 4) is 5.75 Å². The first-order chi connectivity index (χ1) is 10.6. The molecule has 2 aromatic carbocycles. The van der Waals surface area contributed by atoms with E-state index in [2.05, 4.69) is 11.3 Å². The molecule has 2 rings (SSSR count). The Bertz CT molecular complexity index is 688. The lowest BCUT2D eigenvalue weighted by atomic mass is 9.81. The first-order valence-corrected chi connectivity index (χ1v) is 6.95. The first kappa shape index (κ1) is 17.1. The van der Waals surface area contributed by atoms with E-state index in [1.807, 2.05) is 19.1 Å². The number of rotatable bonds is 4. The summed E-state index contributed by atoms with van der Waals surface area (Å²) in [4.78, 5) is 0. The van der Waals surface area contributed by atoms with E-state index in [0.29, 0.717) is 16.7 Å². The van der Waals surface area contributed by atoms with Crippen LogP contribution in [0.15, 0.2) is 60.7 Å². The fourth-order valence-corrected chi connectivity index (χ4v) is 2.35. The molecule has 0 radical (unpaired) electrons. The van der Waals surface area contributed by atoms with Gasteiger partial charge in [0.2, 0.25) is 0 Å². The Morgan fingerprint density at radius 3 is 1.78 bits per heavy atom. The summed E-state index contributed by atoms with van der Waals surface area (Å²) in [5.41, 5.74) is 1.03. The molecule has 5 heteroatoms. The van der Waals surface area contributed by atoms with Gasteiger partial charge in [-0.25, -0.2) is 0 Å². The Balaban J connectivity index is 2.42. The smallest absolute Gasteiger partial charge is 0.406 e. The van der Waals surface area contributed by atoms with Gasteiger partial charge in [0.05, 0.1) is 0 Å². The van der Waals surface area contributed by atoms with Crippen LogP contribution in [0.2, 0.25) is 0 Å². The van der Waals surface area contributed by atoms with E-state index in [9.17, 15) is 18.3 Å². The summed E-state index contributed by atoms with van der Waals surface area (Å²) in [6, 6.07) is 12.4. The van der Waals surface area contributed by atoms with Crippen molar-refractivity contribution in [1.82, 2.24) is 0 Å². The summed E-state index contributed by atoms with van der Waals surface area (Å²) in [7, 11) is 0. The third-order valence-corrected chi connectivity index (χ3v) is 3.59. The minimum Gasteiger partial charge on any atom is -0.406 e. The SMILES string of the molecule is C=C(C)C(O)(c1ccc(C)cc1)c1ccc(OC(F)(F)F)cc1. The highest BCUT2D eigenvalue weighted by molar-refractivity contribution is 5.45. The van der Waals surface area contributed by atoms with Crippen LogP contribution in [0, 0.1) is 6.92 Å². The highest BCUT2D eigenvalue weighted by Gasteiger charge is 2.34. The van der Waals surface area contributed by atoms with E-state index >= 15 is 0 Å². The summed E-state index contributed by atoms with van der Waals surface area (Å²) >= 11 is 0. The number of alkyl halides is 3. The second kappa shape index (κ2) is 6.08. The molecule has 0 aliphatic rings. The fourth-order valence-electron chi connectivity index (χ4n) is 2.35. The Labute approximate surface area is 132 Å². The number of aliphatic hydroxyl groups is 1. The maximum Gasteiger partial charge on any atom is 0.573 e. The number of aryl methyl sites for hydroxylation is 1. The van der Waals surface area contributed by atoms with E-state index in [4.69, 9.17) is 0 Å². The van der Waals surface area contributed by atoms with Crippen molar-refractivity contribution in [3.05, 3.63) is 77.4 Å². The van der Waals surface area contributed by atoms with Gasteiger partial charge >= 0.3 is 6.36 Å². The van der Waals surface area contributed by atoms with Gasteiger partial charge in [-0.05, 0) is 42.7 Å². The molecule has 1 atom stereocenters. The van der Waals surface area contributed by atoms with Gasteiger partial charge in [-0.1, -0.05) is 48.5 Å². The molecule has 1 unspecified atom stereocenters. The van der Waals surface area contributed by atoms with Crippen LogP contribution in [0.5, 0.6) is 5.75 Å². The van der Waals surface area contributed by atoms with Gasteiger partial charge in [-0.3, -0.25) is 0 Å². The lowest BCUT2D eigenvalue weighted by molar-refractivity contribution is -0.274. The van der Waals surface area contributed by atoms with E-state index < -0.39 is 12.0 Å². The van der Waals surface area contributed by atoms with Crippen molar-refractivity contribution in [2.45, 2.75) is 25.8 Å². The number of ether oxygens (including phenoxy) is 1. The topological polar surface area (TPSA) is 29.5 Å². The molecule has 0 amide bonds. The molecular weight excluding hydrogens is 305 g/mol. The van der Waals surface area contributed by atoms with Crippen LogP contribution in [-0.4, -0.2) is 11.5 Å². The lowest BCUT2D eigenvalue weighted by Gasteiger charge is -2.30. The van der Waals surface area contributed by atoms with Crippen LogP contribution < -0.4 is 4.74 Å². The minimum atomic E-state index is -4.75. The number of hydrogen-bond acceptors (Lipinski definition) is 2. The Morgan fingerprint density at radius 1 is 0.957 bits per heavy atom. The average Bonchev–Trinajstić information content (AvgIpc) is 2.46. The monoisotopic (exact) mass is 322 g/mol. The highest BCUT2D eigenvalue weighted by atomic mass is 19.4. The first-order valence-electron chi connectivity index (χ1n) is 6.95. The highest BCUT2D eigenvalue weighted by Crippen LogP contribution is 2.37. The molecule has 2 nitrogen and oxygen atoms in total. The second-order valence-electron chi connectivity index (χ2n) is 5.43. The number of halogens is 3. The van der Waals surface area contributed by atoms with E-state index in [1.165, 1.54) is 24.3 Å². The zero-order valence-corrected chi connectivity index (χ0v) is 12.8. The van der Waals surface area contributed by atoms with Crippen LogP contribution in [0.4, 0.5) is 13.2 Å². The largest absolute Gasteiger partial charge is 0.573 e. The van der Waals surface area contributed by atoms with Gasteiger partial charge in [-0.2, -0.15) is 0 Å². The van der Waals surface area contributed by atoms with Gasteiger partial charge in [0, 0.05) is 0 Å². The fraction of sp³-hybridized carbons (Fsp3) is 0.222. The van der Waals surface area contributed by atoms with E-state index in [-0.39, 0.29) is 5.75 Å². The molecule has 0 fully saturated rings. The van der Waals surface area contributed by atoms with Crippen LogP contribution in [0.1, 0.15) is 23.6 Å². The van der Waals surface area contributed by atoms with Gasteiger partial charge in [-0.15, -0.1) is 13.2 Å². The number of benzene rings is 2. The van der Waals surface area contributed by atoms with Gasteiger partial charge in [0.25, 0.3) is 0 Å². The normalized spacial score (nSPS) is 14.2. The maximum absolute atomic E-state index is 12.2. The van der Waals surface area contributed by atoms with Crippen molar-refractivity contribution in [3.63, 3.8) is 0 Å². The van der Waals surface area contributed by atoms with Crippen molar-refractivity contribution in [2.75, 3.05) is 0 Å². The number of hydrogen-bond donors (Lipinski definition) is 1. The molecule has 0 aliphatic heterocycles. The molecular formula is C18H17F3O2. The third kappa shape index (κ3) is 3.74. The van der Waals surface area contributed by atoms with Crippen LogP contribution in [-0.2, 0) is 5.60 Å². The molecule has 23 heavy (non-hydrogen) atoms. The van der Waals surface area contributed by atoms with Crippen LogP contribution in [0.3, 0.4) is 0 Å². The predicted octanol–water partition coefficient (Wildman–Crippen LogP) is 4.71. The van der Waals surface area contributed by atoms with Crippen molar-refractivity contribution >= 4 is 0 Å². The molecule has 0 bridgehead atoms. The van der Waals surface area contributed by atoms with Gasteiger partial charge in [0.1, 0.15) is 11.4 Å². The molecule has 0 aromatic heterocycles. The summed E-state index contributed by atoms with van der Waals surface area (Å²) in [5.74, 6) is -0.339. The lowest BCUT2D eigenvalue weighted by Crippen LogP contribution is -2.28. The molecule has 0 saturated carbocycles. The zero-order valence-electron chi connectivity index (χ0n) is 12.8. The Hall–Kier alpha value is -2.27. The van der Waals surface area contributed by atoms with Crippen molar-refractivity contribution in [1.29, 1.82) is 0 Å². The summed E-state index contributed by atoms with van der Waals surface area (Å²) in [5, 5.41) is 11.1. The van der Waals surface area contributed by atoms with E-state index in [0.717, 1.165) is 5.56 Å². The van der Waals surface area contributed by atoms with E-state index in [1.54, 1.807) is 19.1 Å². The second-order valence-corrected chi connectivity index (χ2v) is 5.43. The van der Waals surface area contributed by atoms with Crippen molar-refractivity contribution in [2.24, 2.45) is 0 Å². The summed E-state index contributed by atoms with van der Waals surface area (Å²) in [6.07, 6.45) is -4.75. The molecule has 2 aromatic rings. The van der Waals surface area contributed by atoms with Crippen molar-refractivity contribution < 1.29 is 23.0 Å². The average molecular weight is 322 g/mol. The molecule has 122 valence electrons. The standard InChI is InChI=1S/C18H17F3O2/c1-12(2)17(22,14-6-4-13(3)5-7-14)15-8-10-16(11-9-15)23-18(19,20)21/h4-11,22H,1H2,2-3H3. The molecule has 0 spiro atoms. The zero-order chi connectivity index (χ0) is 17.3. The maximum atomic E-state index is 12.2. The van der Waals surface area contributed by atoms with Gasteiger partial charge in [0.15, 0.2) is 0 Å². The van der Waals surface area contributed by atoms with Crippen LogP contribution >= 0.6 is 0 Å². The minimum absolute atomic E-state index is 0.339. The molecule has 0 aliphatic carbocycles. The summed E-state index contributed by atoms with van der Waals surface area (Å²) < 4.78 is 40.5. The van der Waals surface area contributed by atoms with Crippen LogP contribution in [0.25, 0.3) is 0 Å². The summed E-state index contributed by atoms with van der Waals surface area (Å²) in [6.45, 7) is 7.41. The molecule has 0 saturated heterocycles. The molecule has 0 heterocycles. The Morgan fingerprint density at radius 2 is 1.39 bits per heavy atom. The predicted molar refractivity (Wildman–Crippen MR) is 82.1 cm³/mol. The quantitative estimate of drug-likeness (QED) is 0.826. The third-order valence-electron chi connectivity index (χ3n) is 3.59. The molecule has 1 N–H and O–H groups in total.